The minimum atomic E-state index is -0.611. The van der Waals surface area contributed by atoms with Crippen LogP contribution in [0.5, 0.6) is 0 Å². The van der Waals surface area contributed by atoms with E-state index in [1.54, 1.807) is 6.92 Å². The summed E-state index contributed by atoms with van der Waals surface area (Å²) in [7, 11) is 0. The van der Waals surface area contributed by atoms with Crippen molar-refractivity contribution in [2.45, 2.75) is 25.9 Å². The molecule has 0 amide bonds. The van der Waals surface area contributed by atoms with Crippen LogP contribution in [-0.4, -0.2) is 43.2 Å². The molecule has 1 N–H and O–H groups in total. The first kappa shape index (κ1) is 15.9. The second-order valence-corrected chi connectivity index (χ2v) is 5.09. The SMILES string of the molecule is CCOC(=O)C1CNCCN1C(C)c1cc(F)cc(F)c1. The first-order valence-corrected chi connectivity index (χ1v) is 7.12. The Morgan fingerprint density at radius 2 is 2.10 bits per heavy atom. The lowest BCUT2D eigenvalue weighted by atomic mass is 10.0. The average molecular weight is 298 g/mol. The van der Waals surface area contributed by atoms with E-state index < -0.39 is 17.7 Å². The van der Waals surface area contributed by atoms with Crippen molar-refractivity contribution in [2.24, 2.45) is 0 Å². The maximum Gasteiger partial charge on any atom is 0.324 e. The molecular formula is C15H20F2N2O2. The van der Waals surface area contributed by atoms with Crippen LogP contribution in [0, 0.1) is 11.6 Å². The molecule has 2 atom stereocenters. The van der Waals surface area contributed by atoms with Crippen LogP contribution in [0.15, 0.2) is 18.2 Å². The van der Waals surface area contributed by atoms with E-state index >= 15 is 0 Å². The largest absolute Gasteiger partial charge is 0.465 e. The molecule has 0 aliphatic carbocycles. The molecule has 21 heavy (non-hydrogen) atoms. The minimum Gasteiger partial charge on any atom is -0.465 e. The number of piperazine rings is 1. The third-order valence-corrected chi connectivity index (χ3v) is 3.71. The highest BCUT2D eigenvalue weighted by Crippen LogP contribution is 2.25. The van der Waals surface area contributed by atoms with Crippen LogP contribution in [0.2, 0.25) is 0 Å². The zero-order chi connectivity index (χ0) is 15.4. The van der Waals surface area contributed by atoms with Crippen molar-refractivity contribution >= 4 is 5.97 Å². The molecule has 1 aromatic carbocycles. The van der Waals surface area contributed by atoms with Crippen molar-refractivity contribution in [3.8, 4) is 0 Å². The Balaban J connectivity index is 2.21. The average Bonchev–Trinajstić information content (AvgIpc) is 2.45. The van der Waals surface area contributed by atoms with Gasteiger partial charge >= 0.3 is 5.97 Å². The van der Waals surface area contributed by atoms with Crippen LogP contribution >= 0.6 is 0 Å². The lowest BCUT2D eigenvalue weighted by Gasteiger charge is -2.38. The van der Waals surface area contributed by atoms with Gasteiger partial charge in [0.05, 0.1) is 6.61 Å². The zero-order valence-electron chi connectivity index (χ0n) is 12.2. The van der Waals surface area contributed by atoms with Gasteiger partial charge in [-0.05, 0) is 31.5 Å². The number of nitrogens with zero attached hydrogens (tertiary/aromatic N) is 1. The fraction of sp³-hybridized carbons (Fsp3) is 0.533. The Kier molecular flexibility index (Phi) is 5.25. The van der Waals surface area contributed by atoms with Gasteiger partial charge in [0.2, 0.25) is 0 Å². The van der Waals surface area contributed by atoms with Crippen molar-refractivity contribution < 1.29 is 18.3 Å². The third-order valence-electron chi connectivity index (χ3n) is 3.71. The summed E-state index contributed by atoms with van der Waals surface area (Å²) in [5.74, 6) is -1.53. The number of hydrogen-bond acceptors (Lipinski definition) is 4. The molecule has 1 saturated heterocycles. The van der Waals surface area contributed by atoms with Gasteiger partial charge in [0.1, 0.15) is 17.7 Å². The van der Waals surface area contributed by atoms with E-state index in [1.807, 2.05) is 11.8 Å². The molecule has 116 valence electrons. The molecule has 0 bridgehead atoms. The molecule has 0 spiro atoms. The molecule has 1 fully saturated rings. The molecule has 0 saturated carbocycles. The molecule has 4 nitrogen and oxygen atoms in total. The summed E-state index contributed by atoms with van der Waals surface area (Å²) in [5, 5.41) is 3.14. The normalized spacial score (nSPS) is 21.0. The topological polar surface area (TPSA) is 41.6 Å². The van der Waals surface area contributed by atoms with Gasteiger partial charge in [0.25, 0.3) is 0 Å². The minimum absolute atomic E-state index is 0.272. The number of carbonyl (C=O) groups is 1. The van der Waals surface area contributed by atoms with Crippen molar-refractivity contribution in [2.75, 3.05) is 26.2 Å². The van der Waals surface area contributed by atoms with Crippen LogP contribution in [0.4, 0.5) is 8.78 Å². The summed E-state index contributed by atoms with van der Waals surface area (Å²) in [6.07, 6.45) is 0. The Morgan fingerprint density at radius 3 is 2.71 bits per heavy atom. The van der Waals surface area contributed by atoms with Gasteiger partial charge in [0.15, 0.2) is 0 Å². The molecule has 1 aliphatic heterocycles. The fourth-order valence-electron chi connectivity index (χ4n) is 2.65. The maximum atomic E-state index is 13.4. The van der Waals surface area contributed by atoms with Gasteiger partial charge in [-0.15, -0.1) is 0 Å². The van der Waals surface area contributed by atoms with Crippen LogP contribution in [-0.2, 0) is 9.53 Å². The Labute approximate surface area is 123 Å². The number of esters is 1. The summed E-state index contributed by atoms with van der Waals surface area (Å²) in [6, 6.07) is 2.74. The van der Waals surface area contributed by atoms with E-state index in [4.69, 9.17) is 4.74 Å². The predicted octanol–water partition coefficient (Wildman–Crippen LogP) is 1.86. The fourth-order valence-corrected chi connectivity index (χ4v) is 2.65. The van der Waals surface area contributed by atoms with Crippen molar-refractivity contribution in [3.05, 3.63) is 35.4 Å². The van der Waals surface area contributed by atoms with Crippen LogP contribution in [0.25, 0.3) is 0 Å². The highest BCUT2D eigenvalue weighted by molar-refractivity contribution is 5.76. The number of ether oxygens (including phenoxy) is 1. The molecule has 1 heterocycles. The van der Waals surface area contributed by atoms with E-state index in [9.17, 15) is 13.6 Å². The zero-order valence-corrected chi connectivity index (χ0v) is 12.2. The van der Waals surface area contributed by atoms with Gasteiger partial charge in [0, 0.05) is 31.7 Å². The number of hydrogen-bond donors (Lipinski definition) is 1. The van der Waals surface area contributed by atoms with Gasteiger partial charge in [-0.25, -0.2) is 8.78 Å². The van der Waals surface area contributed by atoms with Gasteiger partial charge in [-0.2, -0.15) is 0 Å². The number of nitrogens with one attached hydrogen (secondary N) is 1. The number of carbonyl (C=O) groups excluding carboxylic acids is 1. The number of halogens is 2. The molecule has 6 heteroatoms. The smallest absolute Gasteiger partial charge is 0.324 e. The maximum absolute atomic E-state index is 13.4. The molecule has 1 aliphatic rings. The quantitative estimate of drug-likeness (QED) is 0.862. The predicted molar refractivity (Wildman–Crippen MR) is 74.8 cm³/mol. The van der Waals surface area contributed by atoms with E-state index in [0.29, 0.717) is 25.3 Å². The van der Waals surface area contributed by atoms with Crippen molar-refractivity contribution in [3.63, 3.8) is 0 Å². The van der Waals surface area contributed by atoms with E-state index in [1.165, 1.54) is 12.1 Å². The standard InChI is InChI=1S/C15H20F2N2O2/c1-3-21-15(20)14-9-18-4-5-19(14)10(2)11-6-12(16)8-13(17)7-11/h6-8,10,14,18H,3-5,9H2,1-2H3. The van der Waals surface area contributed by atoms with E-state index in [2.05, 4.69) is 5.32 Å². The third kappa shape index (κ3) is 3.77. The van der Waals surface area contributed by atoms with Gasteiger partial charge in [-0.3, -0.25) is 9.69 Å². The van der Waals surface area contributed by atoms with Crippen molar-refractivity contribution in [1.82, 2.24) is 10.2 Å². The van der Waals surface area contributed by atoms with Gasteiger partial charge in [-0.1, -0.05) is 0 Å². The summed E-state index contributed by atoms with van der Waals surface area (Å²) in [5.41, 5.74) is 0.517. The number of rotatable bonds is 4. The lowest BCUT2D eigenvalue weighted by Crippen LogP contribution is -2.56. The van der Waals surface area contributed by atoms with E-state index in [-0.39, 0.29) is 12.0 Å². The van der Waals surface area contributed by atoms with Crippen molar-refractivity contribution in [1.29, 1.82) is 0 Å². The monoisotopic (exact) mass is 298 g/mol. The molecule has 2 rings (SSSR count). The summed E-state index contributed by atoms with van der Waals surface area (Å²) in [4.78, 5) is 13.9. The first-order valence-electron chi connectivity index (χ1n) is 7.12. The van der Waals surface area contributed by atoms with Crippen LogP contribution < -0.4 is 5.32 Å². The molecule has 0 aromatic heterocycles. The molecular weight excluding hydrogens is 278 g/mol. The van der Waals surface area contributed by atoms with Crippen LogP contribution in [0.1, 0.15) is 25.5 Å². The molecule has 0 radical (unpaired) electrons. The van der Waals surface area contributed by atoms with Gasteiger partial charge < -0.3 is 10.1 Å². The Bertz CT molecular complexity index is 490. The summed E-state index contributed by atoms with van der Waals surface area (Å²) < 4.78 is 31.8. The Morgan fingerprint density at radius 1 is 1.43 bits per heavy atom. The molecule has 1 aromatic rings. The molecule has 2 unspecified atom stereocenters. The second kappa shape index (κ2) is 6.95. The number of benzene rings is 1. The summed E-state index contributed by atoms with van der Waals surface area (Å²) in [6.45, 7) is 5.71. The second-order valence-electron chi connectivity index (χ2n) is 5.09. The van der Waals surface area contributed by atoms with Crippen LogP contribution in [0.3, 0.4) is 0 Å². The lowest BCUT2D eigenvalue weighted by molar-refractivity contribution is -0.151. The first-order chi connectivity index (χ1) is 10.0. The Hall–Kier alpha value is -1.53. The van der Waals surface area contributed by atoms with E-state index in [0.717, 1.165) is 12.6 Å². The highest BCUT2D eigenvalue weighted by Gasteiger charge is 2.33. The highest BCUT2D eigenvalue weighted by atomic mass is 19.1. The summed E-state index contributed by atoms with van der Waals surface area (Å²) >= 11 is 0.